The predicted octanol–water partition coefficient (Wildman–Crippen LogP) is 2.08. The molecule has 0 aliphatic rings. The molecule has 0 aliphatic heterocycles. The third-order valence-electron chi connectivity index (χ3n) is 2.74. The highest BCUT2D eigenvalue weighted by atomic mass is 32.1. The van der Waals surface area contributed by atoms with Crippen LogP contribution in [0.4, 0.5) is 0 Å². The molecule has 0 fully saturated rings. The van der Waals surface area contributed by atoms with E-state index >= 15 is 0 Å². The van der Waals surface area contributed by atoms with E-state index in [1.807, 2.05) is 42.2 Å². The highest BCUT2D eigenvalue weighted by Gasteiger charge is 2.23. The van der Waals surface area contributed by atoms with Gasteiger partial charge in [-0.2, -0.15) is 0 Å². The third-order valence-corrected chi connectivity index (χ3v) is 3.87. The van der Waals surface area contributed by atoms with Crippen LogP contribution in [0.1, 0.15) is 17.4 Å². The molecule has 92 valence electrons. The second kappa shape index (κ2) is 5.04. The molecular formula is C13H18N2OS. The number of hydrogen-bond acceptors (Lipinski definition) is 3. The molecule has 2 N–H and O–H groups in total. The highest BCUT2D eigenvalue weighted by molar-refractivity contribution is 7.10. The molecule has 0 saturated carbocycles. The molecule has 3 nitrogen and oxygen atoms in total. The van der Waals surface area contributed by atoms with Crippen LogP contribution in [-0.2, 0) is 19.2 Å². The number of aryl methyl sites for hydroxylation is 1. The molecule has 17 heavy (non-hydrogen) atoms. The SMILES string of the molecule is Cn1ccc(CNCC(C)(O)c2cccs2)c1. The van der Waals surface area contributed by atoms with Crippen molar-refractivity contribution in [2.45, 2.75) is 19.1 Å². The molecule has 2 aromatic heterocycles. The van der Waals surface area contributed by atoms with E-state index in [1.54, 1.807) is 11.3 Å². The van der Waals surface area contributed by atoms with Gasteiger partial charge in [0.15, 0.2) is 0 Å². The van der Waals surface area contributed by atoms with Crippen molar-refractivity contribution >= 4 is 11.3 Å². The van der Waals surface area contributed by atoms with E-state index in [4.69, 9.17) is 0 Å². The predicted molar refractivity (Wildman–Crippen MR) is 71.0 cm³/mol. The minimum atomic E-state index is -0.789. The monoisotopic (exact) mass is 250 g/mol. The molecule has 1 unspecified atom stereocenters. The number of nitrogens with zero attached hydrogens (tertiary/aromatic N) is 1. The molecule has 2 heterocycles. The van der Waals surface area contributed by atoms with E-state index in [9.17, 15) is 5.11 Å². The Hall–Kier alpha value is -1.10. The number of hydrogen-bond donors (Lipinski definition) is 2. The fourth-order valence-electron chi connectivity index (χ4n) is 1.79. The lowest BCUT2D eigenvalue weighted by Crippen LogP contribution is -2.34. The van der Waals surface area contributed by atoms with E-state index in [-0.39, 0.29) is 0 Å². The van der Waals surface area contributed by atoms with Gasteiger partial charge in [0, 0.05) is 37.4 Å². The van der Waals surface area contributed by atoms with Gasteiger partial charge in [0.2, 0.25) is 0 Å². The van der Waals surface area contributed by atoms with Crippen molar-refractivity contribution in [1.82, 2.24) is 9.88 Å². The molecule has 0 radical (unpaired) electrons. The molecule has 0 aliphatic carbocycles. The Labute approximate surface area is 106 Å². The van der Waals surface area contributed by atoms with Crippen LogP contribution in [0.3, 0.4) is 0 Å². The van der Waals surface area contributed by atoms with Gasteiger partial charge >= 0.3 is 0 Å². The standard InChI is InChI=1S/C13H18N2OS/c1-13(16,12-4-3-7-17-12)10-14-8-11-5-6-15(2)9-11/h3-7,9,14,16H,8,10H2,1-2H3. The van der Waals surface area contributed by atoms with E-state index < -0.39 is 5.60 Å². The molecule has 0 aromatic carbocycles. The van der Waals surface area contributed by atoms with Crippen molar-refractivity contribution in [3.8, 4) is 0 Å². The van der Waals surface area contributed by atoms with Crippen LogP contribution in [0, 0.1) is 0 Å². The van der Waals surface area contributed by atoms with Crippen molar-refractivity contribution in [2.24, 2.45) is 7.05 Å². The molecule has 0 amide bonds. The number of thiophene rings is 1. The Morgan fingerprint density at radius 2 is 2.29 bits per heavy atom. The second-order valence-electron chi connectivity index (χ2n) is 4.54. The zero-order chi connectivity index (χ0) is 12.3. The molecule has 2 aromatic rings. The van der Waals surface area contributed by atoms with Gasteiger partial charge < -0.3 is 15.0 Å². The maximum Gasteiger partial charge on any atom is 0.108 e. The number of aliphatic hydroxyl groups is 1. The molecule has 1 atom stereocenters. The quantitative estimate of drug-likeness (QED) is 0.852. The van der Waals surface area contributed by atoms with E-state index in [1.165, 1.54) is 5.56 Å². The van der Waals surface area contributed by atoms with Gasteiger partial charge in [-0.25, -0.2) is 0 Å². The van der Waals surface area contributed by atoms with E-state index in [0.717, 1.165) is 11.4 Å². The first-order valence-electron chi connectivity index (χ1n) is 5.66. The van der Waals surface area contributed by atoms with Crippen molar-refractivity contribution in [2.75, 3.05) is 6.54 Å². The van der Waals surface area contributed by atoms with E-state index in [0.29, 0.717) is 6.54 Å². The van der Waals surface area contributed by atoms with Gasteiger partial charge in [-0.05, 0) is 30.0 Å². The Morgan fingerprint density at radius 3 is 2.88 bits per heavy atom. The van der Waals surface area contributed by atoms with Gasteiger partial charge in [0.25, 0.3) is 0 Å². The van der Waals surface area contributed by atoms with Crippen LogP contribution in [0.25, 0.3) is 0 Å². The Balaban J connectivity index is 1.86. The summed E-state index contributed by atoms with van der Waals surface area (Å²) in [5.41, 5.74) is 0.442. The maximum absolute atomic E-state index is 10.3. The first-order chi connectivity index (χ1) is 8.08. The van der Waals surface area contributed by atoms with Gasteiger partial charge in [-0.15, -0.1) is 11.3 Å². The van der Waals surface area contributed by atoms with Crippen molar-refractivity contribution in [1.29, 1.82) is 0 Å². The first-order valence-corrected chi connectivity index (χ1v) is 6.54. The topological polar surface area (TPSA) is 37.2 Å². The molecule has 0 bridgehead atoms. The number of rotatable bonds is 5. The van der Waals surface area contributed by atoms with Gasteiger partial charge in [0.1, 0.15) is 5.60 Å². The summed E-state index contributed by atoms with van der Waals surface area (Å²) in [6.45, 7) is 3.18. The molecular weight excluding hydrogens is 232 g/mol. The van der Waals surface area contributed by atoms with Crippen molar-refractivity contribution in [3.63, 3.8) is 0 Å². The third kappa shape index (κ3) is 3.19. The van der Waals surface area contributed by atoms with Crippen molar-refractivity contribution in [3.05, 3.63) is 46.4 Å². The summed E-state index contributed by atoms with van der Waals surface area (Å²) >= 11 is 1.59. The summed E-state index contributed by atoms with van der Waals surface area (Å²) in [6, 6.07) is 6.01. The molecule has 0 spiro atoms. The molecule has 4 heteroatoms. The second-order valence-corrected chi connectivity index (χ2v) is 5.49. The highest BCUT2D eigenvalue weighted by Crippen LogP contribution is 2.24. The van der Waals surface area contributed by atoms with Crippen LogP contribution in [0.15, 0.2) is 36.0 Å². The number of aromatic nitrogens is 1. The summed E-state index contributed by atoms with van der Waals surface area (Å²) in [7, 11) is 2.01. The summed E-state index contributed by atoms with van der Waals surface area (Å²) in [4.78, 5) is 0.998. The largest absolute Gasteiger partial charge is 0.383 e. The maximum atomic E-state index is 10.3. The van der Waals surface area contributed by atoms with Crippen LogP contribution in [-0.4, -0.2) is 16.2 Å². The van der Waals surface area contributed by atoms with Crippen LogP contribution in [0.2, 0.25) is 0 Å². The summed E-state index contributed by atoms with van der Waals surface area (Å²) < 4.78 is 2.02. The average molecular weight is 250 g/mol. The Bertz CT molecular complexity index is 459. The summed E-state index contributed by atoms with van der Waals surface area (Å²) in [5.74, 6) is 0. The lowest BCUT2D eigenvalue weighted by Gasteiger charge is -2.22. The minimum absolute atomic E-state index is 0.558. The van der Waals surface area contributed by atoms with Gasteiger partial charge in [-0.1, -0.05) is 6.07 Å². The van der Waals surface area contributed by atoms with E-state index in [2.05, 4.69) is 17.6 Å². The minimum Gasteiger partial charge on any atom is -0.383 e. The van der Waals surface area contributed by atoms with Crippen LogP contribution in [0.5, 0.6) is 0 Å². The zero-order valence-electron chi connectivity index (χ0n) is 10.2. The Kier molecular flexibility index (Phi) is 3.66. The first kappa shape index (κ1) is 12.4. The lowest BCUT2D eigenvalue weighted by atomic mass is 10.1. The summed E-state index contributed by atoms with van der Waals surface area (Å²) in [6.07, 6.45) is 4.10. The fraction of sp³-hybridized carbons (Fsp3) is 0.385. The van der Waals surface area contributed by atoms with Crippen LogP contribution < -0.4 is 5.32 Å². The summed E-state index contributed by atoms with van der Waals surface area (Å²) in [5, 5.41) is 15.6. The van der Waals surface area contributed by atoms with Gasteiger partial charge in [0.05, 0.1) is 0 Å². The molecule has 0 saturated heterocycles. The Morgan fingerprint density at radius 1 is 1.47 bits per heavy atom. The fourth-order valence-corrected chi connectivity index (χ4v) is 2.57. The van der Waals surface area contributed by atoms with Crippen molar-refractivity contribution < 1.29 is 5.11 Å². The molecule has 2 rings (SSSR count). The average Bonchev–Trinajstić information content (AvgIpc) is 2.89. The lowest BCUT2D eigenvalue weighted by molar-refractivity contribution is 0.0604. The normalized spacial score (nSPS) is 14.8. The smallest absolute Gasteiger partial charge is 0.108 e. The van der Waals surface area contributed by atoms with Crippen LogP contribution >= 0.6 is 11.3 Å². The number of nitrogens with one attached hydrogen (secondary N) is 1. The zero-order valence-corrected chi connectivity index (χ0v) is 11.0. The van der Waals surface area contributed by atoms with Gasteiger partial charge in [-0.3, -0.25) is 0 Å².